The first-order valence-corrected chi connectivity index (χ1v) is 7.17. The van der Waals surface area contributed by atoms with Crippen molar-refractivity contribution in [2.45, 2.75) is 31.3 Å². The largest absolute Gasteiger partial charge is 0.390 e. The van der Waals surface area contributed by atoms with Gasteiger partial charge in [0.05, 0.1) is 19.0 Å². The molecule has 4 N–H and O–H groups in total. The van der Waals surface area contributed by atoms with Crippen molar-refractivity contribution in [2.24, 2.45) is 5.92 Å². The van der Waals surface area contributed by atoms with Gasteiger partial charge < -0.3 is 20.7 Å². The van der Waals surface area contributed by atoms with Crippen LogP contribution in [0.4, 0.5) is 11.8 Å². The molecule has 0 spiro atoms. The third-order valence-electron chi connectivity index (χ3n) is 4.00. The van der Waals surface area contributed by atoms with E-state index in [0.29, 0.717) is 11.9 Å². The van der Waals surface area contributed by atoms with E-state index in [0.717, 1.165) is 30.4 Å². The number of anilines is 2. The van der Waals surface area contributed by atoms with Gasteiger partial charge in [0, 0.05) is 12.0 Å². The lowest BCUT2D eigenvalue weighted by Gasteiger charge is -2.13. The maximum atomic E-state index is 9.13. The molecule has 2 aliphatic rings. The maximum absolute atomic E-state index is 9.13. The van der Waals surface area contributed by atoms with Crippen LogP contribution in [0.3, 0.4) is 0 Å². The van der Waals surface area contributed by atoms with Gasteiger partial charge in [-0.1, -0.05) is 12.2 Å². The smallest absolute Gasteiger partial charge is 0.224 e. The number of nitrogens with zero attached hydrogens (tertiary/aromatic N) is 4. The van der Waals surface area contributed by atoms with Crippen LogP contribution in [-0.2, 0) is 0 Å². The Balaban J connectivity index is 1.73. The predicted molar refractivity (Wildman–Crippen MR) is 78.9 cm³/mol. The van der Waals surface area contributed by atoms with Gasteiger partial charge in [0.15, 0.2) is 17.0 Å². The van der Waals surface area contributed by atoms with Gasteiger partial charge in [-0.2, -0.15) is 9.97 Å². The van der Waals surface area contributed by atoms with E-state index in [-0.39, 0.29) is 17.9 Å². The third-order valence-corrected chi connectivity index (χ3v) is 4.00. The van der Waals surface area contributed by atoms with E-state index in [1.165, 1.54) is 6.61 Å². The second kappa shape index (κ2) is 4.70. The van der Waals surface area contributed by atoms with Crippen LogP contribution >= 0.6 is 0 Å². The standard InChI is InChI=1S/C14H17N6O/c15-14-18-12(17-9-2-3-9)11-13(19-14)20(7-16-11)10-4-1-8(5-10)6-21/h1,4,6-10,21H,2-3,5H2,(H3,15,17,18,19). The van der Waals surface area contributed by atoms with E-state index in [9.17, 15) is 0 Å². The quantitative estimate of drug-likeness (QED) is 0.738. The number of hydrogen-bond donors (Lipinski definition) is 3. The highest BCUT2D eigenvalue weighted by Crippen LogP contribution is 2.33. The number of nitrogen functional groups attached to an aromatic ring is 1. The maximum Gasteiger partial charge on any atom is 0.224 e. The van der Waals surface area contributed by atoms with E-state index in [2.05, 4.69) is 26.3 Å². The molecule has 0 aliphatic heterocycles. The lowest BCUT2D eigenvalue weighted by Crippen LogP contribution is -2.09. The zero-order valence-corrected chi connectivity index (χ0v) is 11.5. The monoisotopic (exact) mass is 285 g/mol. The summed E-state index contributed by atoms with van der Waals surface area (Å²) in [5.74, 6) is 1.04. The Labute approximate surface area is 121 Å². The van der Waals surface area contributed by atoms with Gasteiger partial charge >= 0.3 is 0 Å². The minimum atomic E-state index is 0.0793. The minimum absolute atomic E-state index is 0.0793. The lowest BCUT2D eigenvalue weighted by atomic mass is 10.1. The molecule has 21 heavy (non-hydrogen) atoms. The van der Waals surface area contributed by atoms with E-state index in [4.69, 9.17) is 10.8 Å². The van der Waals surface area contributed by atoms with Gasteiger partial charge in [0.2, 0.25) is 5.95 Å². The number of nitrogens with two attached hydrogens (primary N) is 1. The van der Waals surface area contributed by atoms with Crippen LogP contribution in [0.25, 0.3) is 11.2 Å². The van der Waals surface area contributed by atoms with Gasteiger partial charge in [0.25, 0.3) is 0 Å². The number of hydrogen-bond acceptors (Lipinski definition) is 6. The summed E-state index contributed by atoms with van der Waals surface area (Å²) in [5.41, 5.74) is 7.32. The van der Waals surface area contributed by atoms with E-state index < -0.39 is 0 Å². The number of allylic oxidation sites excluding steroid dienone is 1. The van der Waals surface area contributed by atoms with Gasteiger partial charge in [0.1, 0.15) is 0 Å². The molecule has 2 aromatic rings. The Bertz CT molecular complexity index is 705. The second-order valence-corrected chi connectivity index (χ2v) is 5.67. The molecule has 4 rings (SSSR count). The predicted octanol–water partition coefficient (Wildman–Crippen LogP) is 1.63. The van der Waals surface area contributed by atoms with Crippen molar-refractivity contribution in [1.82, 2.24) is 19.5 Å². The fraction of sp³-hybridized carbons (Fsp3) is 0.429. The van der Waals surface area contributed by atoms with Gasteiger partial charge in [-0.25, -0.2) is 4.98 Å². The fourth-order valence-corrected chi connectivity index (χ4v) is 2.72. The van der Waals surface area contributed by atoms with Crippen LogP contribution in [0.2, 0.25) is 0 Å². The molecule has 2 atom stereocenters. The van der Waals surface area contributed by atoms with Crippen molar-refractivity contribution in [1.29, 1.82) is 0 Å². The van der Waals surface area contributed by atoms with Crippen LogP contribution in [0.5, 0.6) is 0 Å². The number of aliphatic hydroxyl groups is 1. The van der Waals surface area contributed by atoms with Gasteiger partial charge in [-0.3, -0.25) is 0 Å². The average Bonchev–Trinajstić information content (AvgIpc) is 3.01. The molecule has 2 unspecified atom stereocenters. The van der Waals surface area contributed by atoms with Crippen LogP contribution in [0.15, 0.2) is 18.5 Å². The molecule has 0 amide bonds. The van der Waals surface area contributed by atoms with Gasteiger partial charge in [-0.05, 0) is 19.3 Å². The molecule has 1 saturated carbocycles. The molecular weight excluding hydrogens is 268 g/mol. The molecule has 1 radical (unpaired) electrons. The minimum Gasteiger partial charge on any atom is -0.390 e. The molecule has 7 nitrogen and oxygen atoms in total. The summed E-state index contributed by atoms with van der Waals surface area (Å²) >= 11 is 0. The number of fused-ring (bicyclic) bond motifs is 1. The van der Waals surface area contributed by atoms with E-state index in [1.807, 2.05) is 10.6 Å². The van der Waals surface area contributed by atoms with Crippen molar-refractivity contribution in [2.75, 3.05) is 11.1 Å². The number of rotatable bonds is 4. The summed E-state index contributed by atoms with van der Waals surface area (Å²) in [6.45, 7) is 1.22. The zero-order valence-electron chi connectivity index (χ0n) is 11.5. The molecule has 0 aromatic carbocycles. The van der Waals surface area contributed by atoms with Crippen molar-refractivity contribution in [3.05, 3.63) is 25.1 Å². The van der Waals surface area contributed by atoms with E-state index in [1.54, 1.807) is 6.33 Å². The molecule has 2 heterocycles. The molecular formula is C14H17N6O. The average molecular weight is 285 g/mol. The van der Waals surface area contributed by atoms with Crippen molar-refractivity contribution in [3.63, 3.8) is 0 Å². The number of aliphatic hydroxyl groups excluding tert-OH is 1. The highest BCUT2D eigenvalue weighted by molar-refractivity contribution is 5.84. The Morgan fingerprint density at radius 2 is 2.19 bits per heavy atom. The van der Waals surface area contributed by atoms with Crippen molar-refractivity contribution < 1.29 is 5.11 Å². The topological polar surface area (TPSA) is 102 Å². The molecule has 2 aromatic heterocycles. The second-order valence-electron chi connectivity index (χ2n) is 5.67. The summed E-state index contributed by atoms with van der Waals surface area (Å²) in [6.07, 6.45) is 8.94. The lowest BCUT2D eigenvalue weighted by molar-refractivity contribution is 0.329. The number of nitrogens with one attached hydrogen (secondary N) is 1. The zero-order chi connectivity index (χ0) is 14.4. The molecule has 2 aliphatic carbocycles. The Hall–Kier alpha value is -2.15. The number of aromatic nitrogens is 4. The SMILES string of the molecule is Nc1nc(NC2CC2)c2ncn(C3C=CC([CH]O)C3)c2n1. The molecule has 7 heteroatoms. The first-order chi connectivity index (χ1) is 10.2. The fourth-order valence-electron chi connectivity index (χ4n) is 2.72. The summed E-state index contributed by atoms with van der Waals surface area (Å²) in [6, 6.07) is 0.610. The summed E-state index contributed by atoms with van der Waals surface area (Å²) < 4.78 is 1.99. The Morgan fingerprint density at radius 1 is 1.33 bits per heavy atom. The van der Waals surface area contributed by atoms with Crippen LogP contribution in [0.1, 0.15) is 25.3 Å². The first-order valence-electron chi connectivity index (χ1n) is 7.17. The first kappa shape index (κ1) is 12.6. The molecule has 0 saturated heterocycles. The highest BCUT2D eigenvalue weighted by atomic mass is 16.3. The summed E-state index contributed by atoms with van der Waals surface area (Å²) in [7, 11) is 0. The van der Waals surface area contributed by atoms with Crippen molar-refractivity contribution in [3.8, 4) is 0 Å². The molecule has 1 fully saturated rings. The molecule has 0 bridgehead atoms. The van der Waals surface area contributed by atoms with Crippen molar-refractivity contribution >= 4 is 22.9 Å². The Morgan fingerprint density at radius 3 is 2.90 bits per heavy atom. The van der Waals surface area contributed by atoms with Crippen LogP contribution in [0, 0.1) is 12.5 Å². The van der Waals surface area contributed by atoms with Crippen LogP contribution < -0.4 is 11.1 Å². The third kappa shape index (κ3) is 2.23. The Kier molecular flexibility index (Phi) is 2.81. The normalized spacial score (nSPS) is 24.8. The van der Waals surface area contributed by atoms with Crippen LogP contribution in [-0.4, -0.2) is 30.7 Å². The highest BCUT2D eigenvalue weighted by Gasteiger charge is 2.26. The molecule has 109 valence electrons. The summed E-state index contributed by atoms with van der Waals surface area (Å²) in [5, 5.41) is 12.5. The number of imidazole rings is 1. The van der Waals surface area contributed by atoms with Gasteiger partial charge in [-0.15, -0.1) is 0 Å². The summed E-state index contributed by atoms with van der Waals surface area (Å²) in [4.78, 5) is 13.1. The van der Waals surface area contributed by atoms with E-state index >= 15 is 0 Å².